The Morgan fingerprint density at radius 1 is 1.21 bits per heavy atom. The standard InChI is InChI=1S/C21H27NO6S/c1-20(9-10-29(25,26)14-20)22-19(24)13-27-15-5-6-16-17(23)12-21(28-18(16)11-15)7-3-2-4-8-21/h5-6,11H,2-4,7-10,12-14H2,1H3,(H,22,24). The Balaban J connectivity index is 1.40. The third-order valence-corrected chi connectivity index (χ3v) is 8.05. The molecule has 1 amide bonds. The third kappa shape index (κ3) is 4.42. The van der Waals surface area contributed by atoms with Gasteiger partial charge < -0.3 is 14.8 Å². The van der Waals surface area contributed by atoms with Gasteiger partial charge in [0.2, 0.25) is 0 Å². The van der Waals surface area contributed by atoms with Gasteiger partial charge in [0, 0.05) is 6.07 Å². The summed E-state index contributed by atoms with van der Waals surface area (Å²) in [5.74, 6) is 0.722. The van der Waals surface area contributed by atoms with Crippen LogP contribution in [0, 0.1) is 0 Å². The molecule has 4 rings (SSSR count). The Bertz CT molecular complexity index is 934. The highest BCUT2D eigenvalue weighted by atomic mass is 32.2. The average Bonchev–Trinajstić information content (AvgIpc) is 2.93. The molecular formula is C21H27NO6S. The molecule has 7 nitrogen and oxygen atoms in total. The minimum absolute atomic E-state index is 0.0530. The second-order valence-corrected chi connectivity index (χ2v) is 11.0. The number of benzene rings is 1. The molecule has 1 unspecified atom stereocenters. The van der Waals surface area contributed by atoms with Crippen LogP contribution in [0.15, 0.2) is 18.2 Å². The number of fused-ring (bicyclic) bond motifs is 1. The fourth-order valence-corrected chi connectivity index (χ4v) is 6.76. The van der Waals surface area contributed by atoms with E-state index in [2.05, 4.69) is 5.32 Å². The van der Waals surface area contributed by atoms with Gasteiger partial charge in [0.15, 0.2) is 22.2 Å². The molecule has 0 radical (unpaired) electrons. The number of ether oxygens (including phenoxy) is 2. The van der Waals surface area contributed by atoms with Crippen LogP contribution in [0.2, 0.25) is 0 Å². The van der Waals surface area contributed by atoms with Gasteiger partial charge in [-0.1, -0.05) is 6.42 Å². The molecule has 0 bridgehead atoms. The minimum Gasteiger partial charge on any atom is -0.486 e. The van der Waals surface area contributed by atoms with Gasteiger partial charge in [-0.15, -0.1) is 0 Å². The van der Waals surface area contributed by atoms with Crippen molar-refractivity contribution in [3.63, 3.8) is 0 Å². The number of Topliss-reactive ketones (excluding diaryl/α,β-unsaturated/α-hetero) is 1. The maximum Gasteiger partial charge on any atom is 0.258 e. The van der Waals surface area contributed by atoms with Gasteiger partial charge in [0.1, 0.15) is 17.1 Å². The number of sulfone groups is 1. The summed E-state index contributed by atoms with van der Waals surface area (Å²) >= 11 is 0. The number of hydrogen-bond acceptors (Lipinski definition) is 6. The van der Waals surface area contributed by atoms with Crippen molar-refractivity contribution in [2.45, 2.75) is 63.0 Å². The fraction of sp³-hybridized carbons (Fsp3) is 0.619. The van der Waals surface area contributed by atoms with Crippen molar-refractivity contribution >= 4 is 21.5 Å². The number of ketones is 1. The minimum atomic E-state index is -3.10. The molecule has 1 N–H and O–H groups in total. The van der Waals surface area contributed by atoms with E-state index in [0.29, 0.717) is 29.9 Å². The Kier molecular flexibility index (Phi) is 5.09. The molecule has 1 saturated carbocycles. The summed E-state index contributed by atoms with van der Waals surface area (Å²) in [6.45, 7) is 1.50. The van der Waals surface area contributed by atoms with Crippen LogP contribution in [-0.2, 0) is 14.6 Å². The largest absolute Gasteiger partial charge is 0.486 e. The second-order valence-electron chi connectivity index (χ2n) is 8.84. The van der Waals surface area contributed by atoms with Crippen molar-refractivity contribution in [3.8, 4) is 11.5 Å². The molecule has 1 spiro atoms. The summed E-state index contributed by atoms with van der Waals surface area (Å²) < 4.78 is 35.2. The molecule has 1 aromatic rings. The lowest BCUT2D eigenvalue weighted by atomic mass is 9.78. The number of nitrogens with one attached hydrogen (secondary N) is 1. The van der Waals surface area contributed by atoms with Gasteiger partial charge in [-0.25, -0.2) is 8.42 Å². The zero-order valence-corrected chi connectivity index (χ0v) is 17.5. The lowest BCUT2D eigenvalue weighted by molar-refractivity contribution is -0.124. The van der Waals surface area contributed by atoms with Gasteiger partial charge in [0.25, 0.3) is 5.91 Å². The van der Waals surface area contributed by atoms with Crippen molar-refractivity contribution in [2.24, 2.45) is 0 Å². The van der Waals surface area contributed by atoms with Crippen molar-refractivity contribution in [3.05, 3.63) is 23.8 Å². The van der Waals surface area contributed by atoms with Crippen LogP contribution in [0.5, 0.6) is 11.5 Å². The third-order valence-electron chi connectivity index (χ3n) is 6.14. The smallest absolute Gasteiger partial charge is 0.258 e. The van der Waals surface area contributed by atoms with Crippen LogP contribution in [0.3, 0.4) is 0 Å². The van der Waals surface area contributed by atoms with Gasteiger partial charge in [-0.2, -0.15) is 0 Å². The van der Waals surface area contributed by atoms with E-state index in [0.717, 1.165) is 25.7 Å². The topological polar surface area (TPSA) is 98.8 Å². The van der Waals surface area contributed by atoms with E-state index in [1.54, 1.807) is 25.1 Å². The second kappa shape index (κ2) is 7.31. The first-order chi connectivity index (χ1) is 13.7. The summed E-state index contributed by atoms with van der Waals surface area (Å²) in [4.78, 5) is 24.8. The summed E-state index contributed by atoms with van der Waals surface area (Å²) in [6.07, 6.45) is 5.88. The van der Waals surface area contributed by atoms with E-state index in [9.17, 15) is 18.0 Å². The van der Waals surface area contributed by atoms with E-state index < -0.39 is 21.0 Å². The predicted molar refractivity (Wildman–Crippen MR) is 107 cm³/mol. The van der Waals surface area contributed by atoms with Crippen LogP contribution in [0.25, 0.3) is 0 Å². The van der Waals surface area contributed by atoms with E-state index >= 15 is 0 Å². The van der Waals surface area contributed by atoms with Crippen molar-refractivity contribution in [2.75, 3.05) is 18.1 Å². The molecule has 2 aliphatic heterocycles. The number of hydrogen-bond donors (Lipinski definition) is 1. The highest BCUT2D eigenvalue weighted by Gasteiger charge is 2.42. The zero-order valence-electron chi connectivity index (χ0n) is 16.7. The first-order valence-electron chi connectivity index (χ1n) is 10.2. The van der Waals surface area contributed by atoms with Gasteiger partial charge in [0.05, 0.1) is 29.0 Å². The van der Waals surface area contributed by atoms with Crippen LogP contribution < -0.4 is 14.8 Å². The van der Waals surface area contributed by atoms with E-state index in [-0.39, 0.29) is 29.8 Å². The van der Waals surface area contributed by atoms with Crippen LogP contribution >= 0.6 is 0 Å². The first-order valence-corrected chi connectivity index (χ1v) is 12.0. The van der Waals surface area contributed by atoms with E-state index in [1.165, 1.54) is 6.42 Å². The molecule has 29 heavy (non-hydrogen) atoms. The SMILES string of the molecule is CC1(NC(=O)COc2ccc3c(c2)OC2(CCCCC2)CC3=O)CCS(=O)(=O)C1. The van der Waals surface area contributed by atoms with Gasteiger partial charge in [-0.05, 0) is 51.2 Å². The maximum atomic E-state index is 12.6. The lowest BCUT2D eigenvalue weighted by Gasteiger charge is -2.40. The molecule has 1 aromatic carbocycles. The Hall–Kier alpha value is -2.09. The van der Waals surface area contributed by atoms with E-state index in [4.69, 9.17) is 9.47 Å². The molecule has 8 heteroatoms. The van der Waals surface area contributed by atoms with Crippen molar-refractivity contribution < 1.29 is 27.5 Å². The Labute approximate surface area is 171 Å². The Morgan fingerprint density at radius 3 is 2.66 bits per heavy atom. The summed E-state index contributed by atoms with van der Waals surface area (Å²) in [5.41, 5.74) is -0.597. The molecular weight excluding hydrogens is 394 g/mol. The molecule has 1 aliphatic carbocycles. The highest BCUT2D eigenvalue weighted by Crippen LogP contribution is 2.42. The predicted octanol–water partition coefficient (Wildman–Crippen LogP) is 2.43. The van der Waals surface area contributed by atoms with Crippen LogP contribution in [0.4, 0.5) is 0 Å². The summed E-state index contributed by atoms with van der Waals surface area (Å²) in [5, 5.41) is 2.77. The lowest BCUT2D eigenvalue weighted by Crippen LogP contribution is -2.48. The number of rotatable bonds is 4. The molecule has 0 aromatic heterocycles. The Morgan fingerprint density at radius 2 is 1.97 bits per heavy atom. The number of amides is 1. The quantitative estimate of drug-likeness (QED) is 0.802. The molecule has 3 aliphatic rings. The van der Waals surface area contributed by atoms with Crippen molar-refractivity contribution in [1.29, 1.82) is 0 Å². The van der Waals surface area contributed by atoms with Crippen LogP contribution in [-0.4, -0.2) is 49.4 Å². The fourth-order valence-electron chi connectivity index (χ4n) is 4.67. The summed E-state index contributed by atoms with van der Waals surface area (Å²) in [6, 6.07) is 5.02. The highest BCUT2D eigenvalue weighted by molar-refractivity contribution is 7.91. The molecule has 2 heterocycles. The molecule has 2 fully saturated rings. The number of carbonyl (C=O) groups excluding carboxylic acids is 2. The molecule has 1 saturated heterocycles. The summed E-state index contributed by atoms with van der Waals surface area (Å²) in [7, 11) is -3.10. The van der Waals surface area contributed by atoms with E-state index in [1.807, 2.05) is 0 Å². The average molecular weight is 422 g/mol. The van der Waals surface area contributed by atoms with Crippen LogP contribution in [0.1, 0.15) is 62.2 Å². The first kappa shape index (κ1) is 20.2. The molecule has 158 valence electrons. The monoisotopic (exact) mass is 421 g/mol. The van der Waals surface area contributed by atoms with Crippen molar-refractivity contribution in [1.82, 2.24) is 5.32 Å². The van der Waals surface area contributed by atoms with Gasteiger partial charge in [-0.3, -0.25) is 9.59 Å². The maximum absolute atomic E-state index is 12.6. The number of carbonyl (C=O) groups is 2. The zero-order chi connectivity index (χ0) is 20.7. The molecule has 1 atom stereocenters. The normalized spacial score (nSPS) is 27.1. The van der Waals surface area contributed by atoms with Gasteiger partial charge >= 0.3 is 0 Å².